The second-order valence-corrected chi connectivity index (χ2v) is 5.90. The van der Waals surface area contributed by atoms with Crippen LogP contribution in [0.4, 0.5) is 0 Å². The highest BCUT2D eigenvalue weighted by atomic mass is 16.1. The van der Waals surface area contributed by atoms with Crippen LogP contribution < -0.4 is 0 Å². The fourth-order valence-electron chi connectivity index (χ4n) is 3.18. The molecule has 2 aliphatic rings. The van der Waals surface area contributed by atoms with Crippen molar-refractivity contribution in [2.75, 3.05) is 33.7 Å². The Balaban J connectivity index is 1.75. The summed E-state index contributed by atoms with van der Waals surface area (Å²) in [5.74, 6) is 0.866. The molecule has 98 valence electrons. The standard InChI is InChI=1S/C14H26N2O/c1-15(2)13-7-9-16(10-8-13)11-12-5-3-4-6-14(12)17/h12-13H,3-11H2,1-2H3. The van der Waals surface area contributed by atoms with E-state index in [2.05, 4.69) is 23.9 Å². The van der Waals surface area contributed by atoms with Crippen LogP contribution in [0.1, 0.15) is 38.5 Å². The molecule has 0 aromatic carbocycles. The minimum absolute atomic E-state index is 0.347. The molecule has 3 nitrogen and oxygen atoms in total. The number of nitrogens with zero attached hydrogens (tertiary/aromatic N) is 2. The molecule has 0 aromatic rings. The summed E-state index contributed by atoms with van der Waals surface area (Å²) in [6, 6.07) is 0.744. The van der Waals surface area contributed by atoms with E-state index >= 15 is 0 Å². The Morgan fingerprint density at radius 1 is 1.18 bits per heavy atom. The molecule has 0 radical (unpaired) electrons. The van der Waals surface area contributed by atoms with E-state index in [-0.39, 0.29) is 0 Å². The predicted molar refractivity (Wildman–Crippen MR) is 70.1 cm³/mol. The SMILES string of the molecule is CN(C)C1CCN(CC2CCCCC2=O)CC1. The minimum Gasteiger partial charge on any atom is -0.306 e. The van der Waals surface area contributed by atoms with Crippen molar-refractivity contribution in [3.63, 3.8) is 0 Å². The van der Waals surface area contributed by atoms with Gasteiger partial charge < -0.3 is 9.80 Å². The van der Waals surface area contributed by atoms with Crippen molar-refractivity contribution in [2.24, 2.45) is 5.92 Å². The molecule has 0 aromatic heterocycles. The summed E-state index contributed by atoms with van der Waals surface area (Å²) in [7, 11) is 4.34. The van der Waals surface area contributed by atoms with Gasteiger partial charge in [-0.15, -0.1) is 0 Å². The van der Waals surface area contributed by atoms with Crippen molar-refractivity contribution in [1.29, 1.82) is 0 Å². The van der Waals surface area contributed by atoms with Crippen LogP contribution in [0.5, 0.6) is 0 Å². The van der Waals surface area contributed by atoms with E-state index in [9.17, 15) is 4.79 Å². The number of hydrogen-bond acceptors (Lipinski definition) is 3. The van der Waals surface area contributed by atoms with Gasteiger partial charge in [-0.2, -0.15) is 0 Å². The van der Waals surface area contributed by atoms with E-state index in [1.807, 2.05) is 0 Å². The number of Topliss-reactive ketones (excluding diaryl/α,β-unsaturated/α-hetero) is 1. The normalized spacial score (nSPS) is 28.9. The van der Waals surface area contributed by atoms with Gasteiger partial charge in [-0.25, -0.2) is 0 Å². The van der Waals surface area contributed by atoms with Crippen molar-refractivity contribution >= 4 is 5.78 Å². The Kier molecular flexibility index (Phi) is 4.57. The van der Waals surface area contributed by atoms with Gasteiger partial charge in [0.15, 0.2) is 0 Å². The largest absolute Gasteiger partial charge is 0.306 e. The molecular weight excluding hydrogens is 212 g/mol. The number of carbonyl (C=O) groups excluding carboxylic acids is 1. The molecule has 3 heteroatoms. The Labute approximate surface area is 105 Å². The molecule has 0 spiro atoms. The van der Waals surface area contributed by atoms with Gasteiger partial charge in [0, 0.05) is 24.9 Å². The summed E-state index contributed by atoms with van der Waals surface area (Å²) >= 11 is 0. The lowest BCUT2D eigenvalue weighted by Gasteiger charge is -2.37. The Morgan fingerprint density at radius 3 is 2.47 bits per heavy atom. The Hall–Kier alpha value is -0.410. The topological polar surface area (TPSA) is 23.6 Å². The van der Waals surface area contributed by atoms with Crippen LogP contribution >= 0.6 is 0 Å². The van der Waals surface area contributed by atoms with Crippen molar-refractivity contribution in [3.05, 3.63) is 0 Å². The summed E-state index contributed by atoms with van der Waals surface area (Å²) in [5, 5.41) is 0. The number of rotatable bonds is 3. The van der Waals surface area contributed by atoms with E-state index in [1.165, 1.54) is 32.4 Å². The molecule has 1 saturated heterocycles. The van der Waals surface area contributed by atoms with Gasteiger partial charge in [-0.05, 0) is 52.9 Å². The molecule has 0 bridgehead atoms. The van der Waals surface area contributed by atoms with Gasteiger partial charge in [0.1, 0.15) is 5.78 Å². The number of carbonyl (C=O) groups is 1. The van der Waals surface area contributed by atoms with Crippen LogP contribution in [0.25, 0.3) is 0 Å². The monoisotopic (exact) mass is 238 g/mol. The lowest BCUT2D eigenvalue weighted by Crippen LogP contribution is -2.44. The van der Waals surface area contributed by atoms with Gasteiger partial charge in [0.2, 0.25) is 0 Å². The van der Waals surface area contributed by atoms with Crippen molar-refractivity contribution in [1.82, 2.24) is 9.80 Å². The molecule has 2 fully saturated rings. The van der Waals surface area contributed by atoms with Crippen molar-refractivity contribution < 1.29 is 4.79 Å². The molecule has 0 amide bonds. The first-order chi connectivity index (χ1) is 8.16. The zero-order valence-corrected chi connectivity index (χ0v) is 11.3. The first-order valence-electron chi connectivity index (χ1n) is 7.08. The quantitative estimate of drug-likeness (QED) is 0.748. The maximum atomic E-state index is 11.8. The third-order valence-corrected chi connectivity index (χ3v) is 4.45. The third kappa shape index (κ3) is 3.52. The second-order valence-electron chi connectivity index (χ2n) is 5.90. The Bertz CT molecular complexity index is 257. The highest BCUT2D eigenvalue weighted by Gasteiger charge is 2.27. The summed E-state index contributed by atoms with van der Waals surface area (Å²) in [4.78, 5) is 16.6. The van der Waals surface area contributed by atoms with Gasteiger partial charge in [0.25, 0.3) is 0 Å². The number of ketones is 1. The van der Waals surface area contributed by atoms with Gasteiger partial charge in [0.05, 0.1) is 0 Å². The molecule has 1 saturated carbocycles. The van der Waals surface area contributed by atoms with E-state index in [1.54, 1.807) is 0 Å². The molecule has 1 heterocycles. The highest BCUT2D eigenvalue weighted by molar-refractivity contribution is 5.81. The average molecular weight is 238 g/mol. The predicted octanol–water partition coefficient (Wildman–Crippen LogP) is 1.77. The number of likely N-dealkylation sites (tertiary alicyclic amines) is 1. The molecule has 1 atom stereocenters. The number of piperidine rings is 1. The van der Waals surface area contributed by atoms with Crippen LogP contribution in [0, 0.1) is 5.92 Å². The van der Waals surface area contributed by atoms with Crippen LogP contribution in [-0.4, -0.2) is 55.4 Å². The zero-order valence-electron chi connectivity index (χ0n) is 11.3. The molecule has 0 N–H and O–H groups in total. The van der Waals surface area contributed by atoms with Crippen LogP contribution in [0.15, 0.2) is 0 Å². The smallest absolute Gasteiger partial charge is 0.137 e. The summed E-state index contributed by atoms with van der Waals surface area (Å²) in [6.07, 6.45) is 6.86. The van der Waals surface area contributed by atoms with Gasteiger partial charge >= 0.3 is 0 Å². The van der Waals surface area contributed by atoms with Crippen molar-refractivity contribution in [3.8, 4) is 0 Å². The Morgan fingerprint density at radius 2 is 1.88 bits per heavy atom. The van der Waals surface area contributed by atoms with Crippen LogP contribution in [-0.2, 0) is 4.79 Å². The summed E-state index contributed by atoms with van der Waals surface area (Å²) in [6.45, 7) is 3.37. The molecule has 1 aliphatic carbocycles. The van der Waals surface area contributed by atoms with E-state index in [4.69, 9.17) is 0 Å². The van der Waals surface area contributed by atoms with Crippen molar-refractivity contribution in [2.45, 2.75) is 44.6 Å². The molecule has 2 rings (SSSR count). The van der Waals surface area contributed by atoms with Crippen LogP contribution in [0.3, 0.4) is 0 Å². The van der Waals surface area contributed by atoms with E-state index < -0.39 is 0 Å². The summed E-state index contributed by atoms with van der Waals surface area (Å²) < 4.78 is 0. The fraction of sp³-hybridized carbons (Fsp3) is 0.929. The lowest BCUT2D eigenvalue weighted by atomic mass is 9.87. The molecular formula is C14H26N2O. The summed E-state index contributed by atoms with van der Waals surface area (Å²) in [5.41, 5.74) is 0. The average Bonchev–Trinajstić information content (AvgIpc) is 2.33. The fourth-order valence-corrected chi connectivity index (χ4v) is 3.18. The minimum atomic E-state index is 0.347. The van der Waals surface area contributed by atoms with E-state index in [0.29, 0.717) is 11.7 Å². The molecule has 17 heavy (non-hydrogen) atoms. The first kappa shape index (κ1) is 13.0. The lowest BCUT2D eigenvalue weighted by molar-refractivity contribution is -0.125. The molecule has 1 aliphatic heterocycles. The number of hydrogen-bond donors (Lipinski definition) is 0. The highest BCUT2D eigenvalue weighted by Crippen LogP contribution is 2.23. The first-order valence-corrected chi connectivity index (χ1v) is 7.08. The maximum absolute atomic E-state index is 11.8. The zero-order chi connectivity index (χ0) is 12.3. The van der Waals surface area contributed by atoms with E-state index in [0.717, 1.165) is 31.8 Å². The van der Waals surface area contributed by atoms with Gasteiger partial charge in [-0.3, -0.25) is 4.79 Å². The van der Waals surface area contributed by atoms with Gasteiger partial charge in [-0.1, -0.05) is 6.42 Å². The third-order valence-electron chi connectivity index (χ3n) is 4.45. The van der Waals surface area contributed by atoms with Crippen LogP contribution in [0.2, 0.25) is 0 Å². The second kappa shape index (κ2) is 5.96. The molecule has 1 unspecified atom stereocenters. The maximum Gasteiger partial charge on any atom is 0.137 e.